The summed E-state index contributed by atoms with van der Waals surface area (Å²) in [5.74, 6) is -1.70. The minimum atomic E-state index is -3.87. The van der Waals surface area contributed by atoms with Crippen molar-refractivity contribution >= 4 is 27.9 Å². The van der Waals surface area contributed by atoms with E-state index >= 15 is 0 Å². The fourth-order valence-electron chi connectivity index (χ4n) is 2.35. The van der Waals surface area contributed by atoms with E-state index in [1.807, 2.05) is 11.4 Å². The molecule has 30 heavy (non-hydrogen) atoms. The van der Waals surface area contributed by atoms with Gasteiger partial charge >= 0.3 is 12.0 Å². The molecule has 0 heterocycles. The molecule has 0 aromatic heterocycles. The molecule has 160 valence electrons. The summed E-state index contributed by atoms with van der Waals surface area (Å²) in [6.45, 7) is 3.40. The fourth-order valence-corrected chi connectivity index (χ4v) is 3.41. The van der Waals surface area contributed by atoms with Crippen molar-refractivity contribution in [3.63, 3.8) is 0 Å². The van der Waals surface area contributed by atoms with Crippen molar-refractivity contribution in [3.8, 4) is 0 Å². The van der Waals surface area contributed by atoms with E-state index in [1.165, 1.54) is 25.1 Å². The predicted octanol–water partition coefficient (Wildman–Crippen LogP) is 1.56. The number of benzene rings is 2. The highest BCUT2D eigenvalue weighted by Gasteiger charge is 2.22. The molecule has 0 radical (unpaired) electrons. The average molecular weight is 433 g/mol. The van der Waals surface area contributed by atoms with Gasteiger partial charge in [-0.15, -0.1) is 0 Å². The molecule has 3 N–H and O–H groups in total. The highest BCUT2D eigenvalue weighted by atomic mass is 32.2. The molecule has 1 unspecified atom stereocenters. The first-order chi connectivity index (χ1) is 14.2. The van der Waals surface area contributed by atoms with Gasteiger partial charge in [0.15, 0.2) is 6.10 Å². The Hall–Kier alpha value is -3.24. The zero-order valence-corrected chi connectivity index (χ0v) is 17.4. The third-order valence-electron chi connectivity index (χ3n) is 3.92. The second-order valence-corrected chi connectivity index (χ2v) is 8.00. The van der Waals surface area contributed by atoms with Crippen LogP contribution in [0.15, 0.2) is 59.5 Å². The Morgan fingerprint density at radius 2 is 1.73 bits per heavy atom. The molecule has 0 spiro atoms. The molecule has 2 rings (SSSR count). The topological polar surface area (TPSA) is 131 Å². The molecule has 10 heteroatoms. The predicted molar refractivity (Wildman–Crippen MR) is 109 cm³/mol. The molecule has 0 saturated carbocycles. The van der Waals surface area contributed by atoms with E-state index in [0.29, 0.717) is 6.54 Å². The summed E-state index contributed by atoms with van der Waals surface area (Å²) >= 11 is 0. The van der Waals surface area contributed by atoms with Crippen LogP contribution in [0.2, 0.25) is 0 Å². The van der Waals surface area contributed by atoms with Crippen LogP contribution < -0.4 is 15.4 Å². The van der Waals surface area contributed by atoms with Gasteiger partial charge in [0.2, 0.25) is 10.0 Å². The molecular weight excluding hydrogens is 410 g/mol. The Morgan fingerprint density at radius 3 is 2.40 bits per heavy atom. The van der Waals surface area contributed by atoms with Gasteiger partial charge in [-0.2, -0.15) is 0 Å². The summed E-state index contributed by atoms with van der Waals surface area (Å²) in [5, 5.41) is 4.41. The summed E-state index contributed by atoms with van der Waals surface area (Å²) in [4.78, 5) is 35.5. The van der Waals surface area contributed by atoms with Gasteiger partial charge in [-0.05, 0) is 37.6 Å². The highest BCUT2D eigenvalue weighted by Crippen LogP contribution is 2.14. The van der Waals surface area contributed by atoms with Gasteiger partial charge in [0.05, 0.1) is 10.5 Å². The third-order valence-corrected chi connectivity index (χ3v) is 5.32. The molecule has 0 aliphatic carbocycles. The maximum absolute atomic E-state index is 12.5. The van der Waals surface area contributed by atoms with Crippen molar-refractivity contribution in [1.29, 1.82) is 0 Å². The van der Waals surface area contributed by atoms with Crippen molar-refractivity contribution < 1.29 is 27.5 Å². The van der Waals surface area contributed by atoms with Crippen LogP contribution in [-0.2, 0) is 26.1 Å². The number of imide groups is 1. The second-order valence-electron chi connectivity index (χ2n) is 6.23. The maximum Gasteiger partial charge on any atom is 0.338 e. The first-order valence-electron chi connectivity index (χ1n) is 9.16. The van der Waals surface area contributed by atoms with E-state index in [9.17, 15) is 22.8 Å². The maximum atomic E-state index is 12.5. The largest absolute Gasteiger partial charge is 0.449 e. The van der Waals surface area contributed by atoms with Gasteiger partial charge in [0.25, 0.3) is 5.91 Å². The molecule has 0 fully saturated rings. The SMILES string of the molecule is CCNC(=O)NC(=O)C(C)OC(=O)c1cccc(S(=O)(=O)NCc2ccccc2)c1. The molecule has 0 aliphatic heterocycles. The number of carbonyl (C=O) groups is 3. The summed E-state index contributed by atoms with van der Waals surface area (Å²) < 4.78 is 32.5. The molecule has 1 atom stereocenters. The van der Waals surface area contributed by atoms with Crippen LogP contribution in [0.1, 0.15) is 29.8 Å². The van der Waals surface area contributed by atoms with Crippen molar-refractivity contribution in [1.82, 2.24) is 15.4 Å². The van der Waals surface area contributed by atoms with Gasteiger partial charge in [0.1, 0.15) is 0 Å². The van der Waals surface area contributed by atoms with Gasteiger partial charge in [-0.3, -0.25) is 10.1 Å². The minimum Gasteiger partial charge on any atom is -0.449 e. The van der Waals surface area contributed by atoms with E-state index in [4.69, 9.17) is 4.74 Å². The number of esters is 1. The smallest absolute Gasteiger partial charge is 0.338 e. The lowest BCUT2D eigenvalue weighted by atomic mass is 10.2. The van der Waals surface area contributed by atoms with Crippen LogP contribution in [0, 0.1) is 0 Å². The Bertz CT molecular complexity index is 1010. The average Bonchev–Trinajstić information content (AvgIpc) is 2.73. The molecule has 3 amide bonds. The Labute approximate surface area is 174 Å². The molecule has 9 nitrogen and oxygen atoms in total. The molecule has 0 bridgehead atoms. The van der Waals surface area contributed by atoms with Crippen LogP contribution in [0.25, 0.3) is 0 Å². The van der Waals surface area contributed by atoms with E-state index in [-0.39, 0.29) is 17.0 Å². The normalized spacial score (nSPS) is 11.9. The number of sulfonamides is 1. The fraction of sp³-hybridized carbons (Fsp3) is 0.250. The lowest BCUT2D eigenvalue weighted by Crippen LogP contribution is -2.44. The highest BCUT2D eigenvalue weighted by molar-refractivity contribution is 7.89. The first kappa shape index (κ1) is 23.0. The Kier molecular flexibility index (Phi) is 8.07. The molecule has 0 saturated heterocycles. The minimum absolute atomic E-state index is 0.0461. The number of amides is 3. The zero-order valence-electron chi connectivity index (χ0n) is 16.5. The molecule has 2 aromatic rings. The van der Waals surface area contributed by atoms with Crippen molar-refractivity contribution in [2.45, 2.75) is 31.4 Å². The van der Waals surface area contributed by atoms with Crippen molar-refractivity contribution in [2.24, 2.45) is 0 Å². The van der Waals surface area contributed by atoms with Gasteiger partial charge in [-0.25, -0.2) is 22.7 Å². The lowest BCUT2D eigenvalue weighted by molar-refractivity contribution is -0.127. The number of ether oxygens (including phenoxy) is 1. The number of carbonyl (C=O) groups excluding carboxylic acids is 3. The van der Waals surface area contributed by atoms with Crippen molar-refractivity contribution in [2.75, 3.05) is 6.54 Å². The number of urea groups is 1. The summed E-state index contributed by atoms with van der Waals surface area (Å²) in [6.07, 6.45) is -1.25. The number of nitrogens with one attached hydrogen (secondary N) is 3. The molecule has 0 aliphatic rings. The van der Waals surface area contributed by atoms with Gasteiger partial charge in [0, 0.05) is 13.1 Å². The van der Waals surface area contributed by atoms with Crippen LogP contribution in [0.4, 0.5) is 4.79 Å². The first-order valence-corrected chi connectivity index (χ1v) is 10.6. The van der Waals surface area contributed by atoms with E-state index in [1.54, 1.807) is 31.2 Å². The standard InChI is InChI=1S/C20H23N3O6S/c1-3-21-20(26)23-18(24)14(2)29-19(25)16-10-7-11-17(12-16)30(27,28)22-13-15-8-5-4-6-9-15/h4-12,14,22H,3,13H2,1-2H3,(H2,21,23,24,26). The summed E-state index contributed by atoms with van der Waals surface area (Å²) in [6, 6.07) is 13.5. The monoisotopic (exact) mass is 433 g/mol. The van der Waals surface area contributed by atoms with Gasteiger partial charge in [-0.1, -0.05) is 36.4 Å². The van der Waals surface area contributed by atoms with Crippen LogP contribution in [0.5, 0.6) is 0 Å². The summed E-state index contributed by atoms with van der Waals surface area (Å²) in [5.41, 5.74) is 0.735. The molecular formula is C20H23N3O6S. The quantitative estimate of drug-likeness (QED) is 0.542. The second kappa shape index (κ2) is 10.5. The molecule has 2 aromatic carbocycles. The van der Waals surface area contributed by atoms with Crippen LogP contribution in [0.3, 0.4) is 0 Å². The zero-order chi connectivity index (χ0) is 22.1. The Balaban J connectivity index is 2.03. The van der Waals surface area contributed by atoms with Crippen LogP contribution >= 0.6 is 0 Å². The number of hydrogen-bond donors (Lipinski definition) is 3. The number of rotatable bonds is 8. The third kappa shape index (κ3) is 6.68. The Morgan fingerprint density at radius 1 is 1.03 bits per heavy atom. The van der Waals surface area contributed by atoms with E-state index < -0.39 is 34.0 Å². The van der Waals surface area contributed by atoms with E-state index in [2.05, 4.69) is 10.0 Å². The van der Waals surface area contributed by atoms with Crippen LogP contribution in [-0.4, -0.2) is 39.0 Å². The van der Waals surface area contributed by atoms with E-state index in [0.717, 1.165) is 11.6 Å². The number of hydrogen-bond acceptors (Lipinski definition) is 6. The summed E-state index contributed by atoms with van der Waals surface area (Å²) in [7, 11) is -3.87. The lowest BCUT2D eigenvalue weighted by Gasteiger charge is -2.13. The van der Waals surface area contributed by atoms with Gasteiger partial charge < -0.3 is 10.1 Å². The van der Waals surface area contributed by atoms with Crippen molar-refractivity contribution in [3.05, 3.63) is 65.7 Å².